The van der Waals surface area contributed by atoms with Crippen LogP contribution >= 0.6 is 0 Å². The van der Waals surface area contributed by atoms with Crippen LogP contribution in [0, 0.1) is 12.7 Å². The summed E-state index contributed by atoms with van der Waals surface area (Å²) in [6.45, 7) is 1.96. The summed E-state index contributed by atoms with van der Waals surface area (Å²) in [6, 6.07) is 13.3. The predicted octanol–water partition coefficient (Wildman–Crippen LogP) is 3.62. The van der Waals surface area contributed by atoms with Crippen LogP contribution in [0.4, 0.5) is 4.39 Å². The third kappa shape index (κ3) is 3.88. The fraction of sp³-hybridized carbons (Fsp3) is 0.150. The molecule has 3 aromatic rings. The highest BCUT2D eigenvalue weighted by atomic mass is 19.1. The molecule has 0 aliphatic rings. The number of nitrogens with zero attached hydrogens (tertiary/aromatic N) is 1. The number of aromatic amines is 1. The molecule has 1 aromatic carbocycles. The normalized spacial score (nSPS) is 11.9. The standard InChI is InChI=1S/C20H17FN2O2/c1-13-4-6-14(7-5-13)16(20-17(21)3-2-10-22-20)11-18(24)15-8-9-19(25)23-12-15/h2-10,12,16H,11H2,1H3,(H,23,25)/t16-/m0/s1. The zero-order chi connectivity index (χ0) is 17.8. The number of Topliss-reactive ketones (excluding diaryl/α,β-unsaturated/α-hetero) is 1. The summed E-state index contributed by atoms with van der Waals surface area (Å²) in [7, 11) is 0. The maximum atomic E-state index is 14.3. The summed E-state index contributed by atoms with van der Waals surface area (Å²) >= 11 is 0. The average Bonchev–Trinajstić information content (AvgIpc) is 2.62. The zero-order valence-electron chi connectivity index (χ0n) is 13.7. The number of rotatable bonds is 5. The maximum absolute atomic E-state index is 14.3. The molecule has 3 rings (SSSR count). The Morgan fingerprint density at radius 2 is 1.92 bits per heavy atom. The molecule has 25 heavy (non-hydrogen) atoms. The van der Waals surface area contributed by atoms with Crippen molar-refractivity contribution in [2.24, 2.45) is 0 Å². The first-order chi connectivity index (χ1) is 12.0. The molecule has 0 bridgehead atoms. The van der Waals surface area contributed by atoms with Crippen molar-refractivity contribution in [1.29, 1.82) is 0 Å². The molecule has 0 spiro atoms. The van der Waals surface area contributed by atoms with Gasteiger partial charge in [-0.15, -0.1) is 0 Å². The fourth-order valence-corrected chi connectivity index (χ4v) is 2.71. The van der Waals surface area contributed by atoms with Crippen LogP contribution < -0.4 is 5.56 Å². The van der Waals surface area contributed by atoms with Crippen LogP contribution in [0.1, 0.15) is 39.5 Å². The smallest absolute Gasteiger partial charge is 0.247 e. The van der Waals surface area contributed by atoms with E-state index >= 15 is 0 Å². The summed E-state index contributed by atoms with van der Waals surface area (Å²) in [4.78, 5) is 30.4. The number of pyridine rings is 2. The van der Waals surface area contributed by atoms with Gasteiger partial charge in [0.05, 0.1) is 5.69 Å². The molecule has 0 aliphatic heterocycles. The quantitative estimate of drug-likeness (QED) is 0.724. The molecule has 0 saturated heterocycles. The lowest BCUT2D eigenvalue weighted by atomic mass is 9.88. The lowest BCUT2D eigenvalue weighted by Gasteiger charge is -2.17. The first-order valence-corrected chi connectivity index (χ1v) is 7.93. The van der Waals surface area contributed by atoms with Gasteiger partial charge in [-0.1, -0.05) is 29.8 Å². The summed E-state index contributed by atoms with van der Waals surface area (Å²) in [6.07, 6.45) is 2.96. The van der Waals surface area contributed by atoms with Gasteiger partial charge in [-0.05, 0) is 30.7 Å². The predicted molar refractivity (Wildman–Crippen MR) is 93.2 cm³/mol. The molecule has 0 amide bonds. The minimum absolute atomic E-state index is 0.0586. The van der Waals surface area contributed by atoms with Gasteiger partial charge in [-0.3, -0.25) is 14.6 Å². The Balaban J connectivity index is 1.98. The van der Waals surface area contributed by atoms with Crippen molar-refractivity contribution in [2.75, 3.05) is 0 Å². The average molecular weight is 336 g/mol. The Kier molecular flexibility index (Phi) is 4.84. The number of H-pyrrole nitrogens is 1. The van der Waals surface area contributed by atoms with E-state index in [1.807, 2.05) is 31.2 Å². The van der Waals surface area contributed by atoms with E-state index in [1.165, 1.54) is 36.7 Å². The van der Waals surface area contributed by atoms with Crippen molar-refractivity contribution in [1.82, 2.24) is 9.97 Å². The van der Waals surface area contributed by atoms with Gasteiger partial charge >= 0.3 is 0 Å². The molecule has 0 fully saturated rings. The van der Waals surface area contributed by atoms with Gasteiger partial charge in [0.25, 0.3) is 0 Å². The van der Waals surface area contributed by atoms with E-state index in [0.29, 0.717) is 5.56 Å². The van der Waals surface area contributed by atoms with E-state index in [1.54, 1.807) is 0 Å². The van der Waals surface area contributed by atoms with Crippen molar-refractivity contribution in [3.63, 3.8) is 0 Å². The summed E-state index contributed by atoms with van der Waals surface area (Å²) in [5.41, 5.74) is 2.25. The molecule has 2 aromatic heterocycles. The molecule has 0 unspecified atom stereocenters. The molecule has 0 radical (unpaired) electrons. The van der Waals surface area contributed by atoms with Gasteiger partial charge < -0.3 is 4.98 Å². The van der Waals surface area contributed by atoms with E-state index < -0.39 is 11.7 Å². The van der Waals surface area contributed by atoms with Gasteiger partial charge in [0.2, 0.25) is 5.56 Å². The first-order valence-electron chi connectivity index (χ1n) is 7.93. The number of carbonyl (C=O) groups is 1. The number of aromatic nitrogens is 2. The molecular formula is C20H17FN2O2. The molecule has 1 N–H and O–H groups in total. The van der Waals surface area contributed by atoms with Crippen molar-refractivity contribution in [3.05, 3.63) is 99.5 Å². The number of nitrogens with one attached hydrogen (secondary N) is 1. The second kappa shape index (κ2) is 7.21. The third-order valence-electron chi connectivity index (χ3n) is 4.09. The van der Waals surface area contributed by atoms with Crippen LogP contribution in [0.25, 0.3) is 0 Å². The number of aryl methyl sites for hydroxylation is 1. The molecule has 1 atom stereocenters. The van der Waals surface area contributed by atoms with Crippen molar-refractivity contribution >= 4 is 5.78 Å². The van der Waals surface area contributed by atoms with Gasteiger partial charge in [0.15, 0.2) is 5.78 Å². The lowest BCUT2D eigenvalue weighted by Crippen LogP contribution is -2.13. The Labute approximate surface area is 144 Å². The molecule has 5 heteroatoms. The number of carbonyl (C=O) groups excluding carboxylic acids is 1. The molecule has 0 saturated carbocycles. The number of ketones is 1. The minimum Gasteiger partial charge on any atom is -0.328 e. The van der Waals surface area contributed by atoms with Gasteiger partial charge in [0.1, 0.15) is 5.82 Å². The Bertz CT molecular complexity index is 928. The van der Waals surface area contributed by atoms with E-state index in [9.17, 15) is 14.0 Å². The first kappa shape index (κ1) is 16.8. The molecule has 4 nitrogen and oxygen atoms in total. The largest absolute Gasteiger partial charge is 0.328 e. The Morgan fingerprint density at radius 3 is 2.56 bits per heavy atom. The third-order valence-corrected chi connectivity index (χ3v) is 4.09. The fourth-order valence-electron chi connectivity index (χ4n) is 2.71. The zero-order valence-corrected chi connectivity index (χ0v) is 13.7. The lowest BCUT2D eigenvalue weighted by molar-refractivity contribution is 0.0976. The monoisotopic (exact) mass is 336 g/mol. The Morgan fingerprint density at radius 1 is 1.16 bits per heavy atom. The van der Waals surface area contributed by atoms with Crippen LogP contribution in [0.15, 0.2) is 65.7 Å². The van der Waals surface area contributed by atoms with Crippen LogP contribution in [0.5, 0.6) is 0 Å². The summed E-state index contributed by atoms with van der Waals surface area (Å²) in [5.74, 6) is -1.13. The van der Waals surface area contributed by atoms with E-state index in [2.05, 4.69) is 9.97 Å². The topological polar surface area (TPSA) is 62.8 Å². The molecule has 126 valence electrons. The van der Waals surface area contributed by atoms with Crippen LogP contribution in [0.3, 0.4) is 0 Å². The van der Waals surface area contributed by atoms with E-state index in [0.717, 1.165) is 11.1 Å². The van der Waals surface area contributed by atoms with E-state index in [-0.39, 0.29) is 23.5 Å². The highest BCUT2D eigenvalue weighted by molar-refractivity contribution is 5.96. The molecular weight excluding hydrogens is 319 g/mol. The van der Waals surface area contributed by atoms with Gasteiger partial charge in [-0.25, -0.2) is 4.39 Å². The van der Waals surface area contributed by atoms with Gasteiger partial charge in [0, 0.05) is 36.4 Å². The van der Waals surface area contributed by atoms with E-state index in [4.69, 9.17) is 0 Å². The maximum Gasteiger partial charge on any atom is 0.247 e. The SMILES string of the molecule is Cc1ccc([C@H](CC(=O)c2ccc(=O)[nH]c2)c2ncccc2F)cc1. The second-order valence-corrected chi connectivity index (χ2v) is 5.90. The highest BCUT2D eigenvalue weighted by Crippen LogP contribution is 2.29. The highest BCUT2D eigenvalue weighted by Gasteiger charge is 2.23. The Hall–Kier alpha value is -3.08. The van der Waals surface area contributed by atoms with Gasteiger partial charge in [-0.2, -0.15) is 0 Å². The van der Waals surface area contributed by atoms with Crippen LogP contribution in [-0.4, -0.2) is 15.8 Å². The number of halogens is 1. The minimum atomic E-state index is -0.499. The molecule has 0 aliphatic carbocycles. The molecule has 2 heterocycles. The number of benzene rings is 1. The number of hydrogen-bond donors (Lipinski definition) is 1. The van der Waals surface area contributed by atoms with Crippen molar-refractivity contribution < 1.29 is 9.18 Å². The number of hydrogen-bond acceptors (Lipinski definition) is 3. The van der Waals surface area contributed by atoms with Crippen LogP contribution in [-0.2, 0) is 0 Å². The van der Waals surface area contributed by atoms with Crippen molar-refractivity contribution in [2.45, 2.75) is 19.3 Å². The second-order valence-electron chi connectivity index (χ2n) is 5.90. The van der Waals surface area contributed by atoms with Crippen LogP contribution in [0.2, 0.25) is 0 Å². The summed E-state index contributed by atoms with van der Waals surface area (Å²) < 4.78 is 14.3. The van der Waals surface area contributed by atoms with Crippen molar-refractivity contribution in [3.8, 4) is 0 Å². The summed E-state index contributed by atoms with van der Waals surface area (Å²) in [5, 5.41) is 0.